The molecule has 0 aliphatic carbocycles. The summed E-state index contributed by atoms with van der Waals surface area (Å²) in [7, 11) is 1.67. The molecule has 1 aromatic carbocycles. The van der Waals surface area contributed by atoms with Crippen LogP contribution in [0.5, 0.6) is 5.75 Å². The van der Waals surface area contributed by atoms with Gasteiger partial charge in [-0.15, -0.1) is 0 Å². The maximum absolute atomic E-state index is 12.4. The molecule has 158 valence electrons. The number of aromatic nitrogens is 3. The Bertz CT molecular complexity index is 853. The number of guanidine groups is 1. The van der Waals surface area contributed by atoms with Crippen molar-refractivity contribution in [2.24, 2.45) is 4.99 Å². The summed E-state index contributed by atoms with van der Waals surface area (Å²) in [6, 6.07) is 8.11. The van der Waals surface area contributed by atoms with Crippen LogP contribution in [-0.2, 0) is 25.9 Å². The Morgan fingerprint density at radius 3 is 2.79 bits per heavy atom. The Hall–Kier alpha value is -2.77. The van der Waals surface area contributed by atoms with Crippen molar-refractivity contribution in [3.8, 4) is 5.75 Å². The van der Waals surface area contributed by atoms with Crippen molar-refractivity contribution in [2.75, 3.05) is 26.7 Å². The average Bonchev–Trinajstić information content (AvgIpc) is 3.07. The third kappa shape index (κ3) is 5.85. The highest BCUT2D eigenvalue weighted by Gasteiger charge is 2.16. The molecule has 0 atom stereocenters. The molecular formula is C21H32N6O2. The Morgan fingerprint density at radius 2 is 2.07 bits per heavy atom. The van der Waals surface area contributed by atoms with Crippen LogP contribution < -0.4 is 21.1 Å². The molecule has 0 unspecified atom stereocenters. The summed E-state index contributed by atoms with van der Waals surface area (Å²) in [5.41, 5.74) is 1.27. The normalized spacial score (nSPS) is 13.8. The quantitative estimate of drug-likeness (QED) is 0.379. The SMILES string of the molecule is CCNC(=NCCCn1nc2n(c1=O)CCCC2)NCCc1ccc(OC)cc1. The topological polar surface area (TPSA) is 85.5 Å². The fourth-order valence-electron chi connectivity index (χ4n) is 3.46. The van der Waals surface area contributed by atoms with Crippen molar-refractivity contribution in [1.29, 1.82) is 0 Å². The van der Waals surface area contributed by atoms with E-state index in [1.54, 1.807) is 11.8 Å². The van der Waals surface area contributed by atoms with Gasteiger partial charge in [-0.2, -0.15) is 5.10 Å². The molecule has 8 heteroatoms. The Morgan fingerprint density at radius 1 is 1.24 bits per heavy atom. The number of hydrogen-bond acceptors (Lipinski definition) is 4. The molecule has 0 fully saturated rings. The lowest BCUT2D eigenvalue weighted by molar-refractivity contribution is 0.414. The summed E-state index contributed by atoms with van der Waals surface area (Å²) >= 11 is 0. The van der Waals surface area contributed by atoms with Gasteiger partial charge in [0.2, 0.25) is 0 Å². The van der Waals surface area contributed by atoms with Crippen molar-refractivity contribution < 1.29 is 4.74 Å². The van der Waals surface area contributed by atoms with Crippen LogP contribution in [0.25, 0.3) is 0 Å². The first-order valence-electron chi connectivity index (χ1n) is 10.5. The highest BCUT2D eigenvalue weighted by Crippen LogP contribution is 2.11. The van der Waals surface area contributed by atoms with Gasteiger partial charge in [0, 0.05) is 39.1 Å². The van der Waals surface area contributed by atoms with Gasteiger partial charge in [-0.25, -0.2) is 9.48 Å². The van der Waals surface area contributed by atoms with E-state index in [4.69, 9.17) is 4.74 Å². The molecule has 1 aliphatic heterocycles. The number of hydrogen-bond donors (Lipinski definition) is 2. The zero-order chi connectivity index (χ0) is 20.5. The molecule has 8 nitrogen and oxygen atoms in total. The summed E-state index contributed by atoms with van der Waals surface area (Å²) in [6.45, 7) is 5.71. The number of nitrogens with zero attached hydrogens (tertiary/aromatic N) is 4. The van der Waals surface area contributed by atoms with Crippen LogP contribution >= 0.6 is 0 Å². The number of rotatable bonds is 9. The molecule has 0 saturated heterocycles. The van der Waals surface area contributed by atoms with Gasteiger partial charge in [0.15, 0.2) is 5.96 Å². The maximum Gasteiger partial charge on any atom is 0.345 e. The fraction of sp³-hybridized carbons (Fsp3) is 0.571. The third-order valence-electron chi connectivity index (χ3n) is 5.04. The molecular weight excluding hydrogens is 368 g/mol. The fourth-order valence-corrected chi connectivity index (χ4v) is 3.46. The summed E-state index contributed by atoms with van der Waals surface area (Å²) in [5, 5.41) is 11.1. The van der Waals surface area contributed by atoms with E-state index in [1.807, 2.05) is 16.7 Å². The molecule has 0 saturated carbocycles. The van der Waals surface area contributed by atoms with Gasteiger partial charge in [0.1, 0.15) is 11.6 Å². The minimum atomic E-state index is 0.0215. The van der Waals surface area contributed by atoms with Gasteiger partial charge in [0.05, 0.1) is 7.11 Å². The van der Waals surface area contributed by atoms with Gasteiger partial charge in [0.25, 0.3) is 0 Å². The first kappa shape index (κ1) is 21.0. The summed E-state index contributed by atoms with van der Waals surface area (Å²) in [5.74, 6) is 2.60. The Labute approximate surface area is 172 Å². The molecule has 3 rings (SSSR count). The molecule has 1 aliphatic rings. The lowest BCUT2D eigenvalue weighted by atomic mass is 10.1. The lowest BCUT2D eigenvalue weighted by Crippen LogP contribution is -2.38. The van der Waals surface area contributed by atoms with Crippen LogP contribution in [0.15, 0.2) is 34.1 Å². The van der Waals surface area contributed by atoms with Gasteiger partial charge >= 0.3 is 5.69 Å². The predicted molar refractivity (Wildman–Crippen MR) is 115 cm³/mol. The Balaban J connectivity index is 1.45. The molecule has 0 spiro atoms. The van der Waals surface area contributed by atoms with E-state index in [1.165, 1.54) is 5.56 Å². The van der Waals surface area contributed by atoms with Crippen LogP contribution in [-0.4, -0.2) is 47.1 Å². The number of aryl methyl sites for hydroxylation is 2. The van der Waals surface area contributed by atoms with E-state index in [-0.39, 0.29) is 5.69 Å². The van der Waals surface area contributed by atoms with E-state index in [9.17, 15) is 4.79 Å². The molecule has 0 radical (unpaired) electrons. The van der Waals surface area contributed by atoms with Gasteiger partial charge in [-0.1, -0.05) is 12.1 Å². The highest BCUT2D eigenvalue weighted by molar-refractivity contribution is 5.79. The van der Waals surface area contributed by atoms with Crippen molar-refractivity contribution >= 4 is 5.96 Å². The standard InChI is InChI=1S/C21H32N6O2/c1-3-22-20(24-14-12-17-8-10-18(29-2)11-9-17)23-13-6-16-27-21(28)26-15-5-4-7-19(26)25-27/h8-11H,3-7,12-16H2,1-2H3,(H2,22,23,24). The van der Waals surface area contributed by atoms with Gasteiger partial charge in [-0.3, -0.25) is 9.56 Å². The second-order valence-corrected chi connectivity index (χ2v) is 7.17. The molecule has 0 amide bonds. The number of methoxy groups -OCH3 is 1. The van der Waals surface area contributed by atoms with E-state index in [0.29, 0.717) is 13.1 Å². The van der Waals surface area contributed by atoms with Crippen LogP contribution in [0.4, 0.5) is 0 Å². The summed E-state index contributed by atoms with van der Waals surface area (Å²) in [4.78, 5) is 17.0. The average molecular weight is 401 g/mol. The number of aliphatic imine (C=N–C) groups is 1. The number of ether oxygens (including phenoxy) is 1. The largest absolute Gasteiger partial charge is 0.497 e. The molecule has 2 aromatic rings. The van der Waals surface area contributed by atoms with E-state index in [2.05, 4.69) is 39.8 Å². The van der Waals surface area contributed by atoms with Gasteiger partial charge < -0.3 is 15.4 Å². The summed E-state index contributed by atoms with van der Waals surface area (Å²) in [6.07, 6.45) is 4.78. The van der Waals surface area contributed by atoms with Crippen molar-refractivity contribution in [3.63, 3.8) is 0 Å². The van der Waals surface area contributed by atoms with E-state index < -0.39 is 0 Å². The van der Waals surface area contributed by atoms with Crippen molar-refractivity contribution in [1.82, 2.24) is 25.0 Å². The second kappa shape index (κ2) is 10.7. The van der Waals surface area contributed by atoms with E-state index >= 15 is 0 Å². The highest BCUT2D eigenvalue weighted by atomic mass is 16.5. The first-order valence-corrected chi connectivity index (χ1v) is 10.5. The van der Waals surface area contributed by atoms with Crippen LogP contribution in [0.1, 0.15) is 37.6 Å². The first-order chi connectivity index (χ1) is 14.2. The van der Waals surface area contributed by atoms with Crippen molar-refractivity contribution in [2.45, 2.75) is 52.1 Å². The minimum Gasteiger partial charge on any atom is -0.497 e. The second-order valence-electron chi connectivity index (χ2n) is 7.17. The number of fused-ring (bicyclic) bond motifs is 1. The smallest absolute Gasteiger partial charge is 0.345 e. The number of benzene rings is 1. The van der Waals surface area contributed by atoms with E-state index in [0.717, 1.165) is 69.3 Å². The van der Waals surface area contributed by atoms with Crippen LogP contribution in [0.2, 0.25) is 0 Å². The minimum absolute atomic E-state index is 0.0215. The molecule has 29 heavy (non-hydrogen) atoms. The monoisotopic (exact) mass is 400 g/mol. The zero-order valence-corrected chi connectivity index (χ0v) is 17.5. The lowest BCUT2D eigenvalue weighted by Gasteiger charge is -2.11. The van der Waals surface area contributed by atoms with Gasteiger partial charge in [-0.05, 0) is 50.3 Å². The predicted octanol–water partition coefficient (Wildman–Crippen LogP) is 1.58. The zero-order valence-electron chi connectivity index (χ0n) is 17.5. The maximum atomic E-state index is 12.4. The van der Waals surface area contributed by atoms with Crippen LogP contribution in [0.3, 0.4) is 0 Å². The molecule has 2 heterocycles. The van der Waals surface area contributed by atoms with Crippen molar-refractivity contribution in [3.05, 3.63) is 46.1 Å². The summed E-state index contributed by atoms with van der Waals surface area (Å²) < 4.78 is 8.60. The van der Waals surface area contributed by atoms with Crippen LogP contribution in [0, 0.1) is 0 Å². The Kier molecular flexibility index (Phi) is 7.72. The number of nitrogens with one attached hydrogen (secondary N) is 2. The molecule has 1 aromatic heterocycles. The third-order valence-corrected chi connectivity index (χ3v) is 5.04. The molecule has 2 N–H and O–H groups in total. The molecule has 0 bridgehead atoms.